The number of nitrogens with one attached hydrogen (secondary N) is 1. The second-order valence-corrected chi connectivity index (χ2v) is 9.02. The molecule has 0 radical (unpaired) electrons. The first kappa shape index (κ1) is 23.2. The number of hydrogen-bond acceptors (Lipinski definition) is 4. The summed E-state index contributed by atoms with van der Waals surface area (Å²) < 4.78 is 1.58. The number of rotatable bonds is 10. The Balaban J connectivity index is 2.20. The molecule has 1 aromatic heterocycles. The smallest absolute Gasteiger partial charge is 0.257 e. The van der Waals surface area contributed by atoms with Gasteiger partial charge in [0.15, 0.2) is 5.16 Å². The molecule has 0 spiro atoms. The van der Waals surface area contributed by atoms with Gasteiger partial charge in [-0.3, -0.25) is 14.2 Å². The average Bonchev–Trinajstić information content (AvgIpc) is 2.69. The molecule has 0 saturated heterocycles. The molecule has 0 bridgehead atoms. The summed E-state index contributed by atoms with van der Waals surface area (Å²) in [6.07, 6.45) is 3.16. The maximum absolute atomic E-state index is 13.0. The van der Waals surface area contributed by atoms with E-state index < -0.39 is 0 Å². The highest BCUT2D eigenvalue weighted by Crippen LogP contribution is 2.25. The number of carbonyl (C=O) groups excluding carboxylic acids is 1. The molecule has 5 nitrogen and oxygen atoms in total. The number of aryl methyl sites for hydroxylation is 1. The van der Waals surface area contributed by atoms with E-state index in [-0.39, 0.29) is 16.7 Å². The van der Waals surface area contributed by atoms with E-state index in [1.807, 2.05) is 37.3 Å². The predicted octanol–water partition coefficient (Wildman–Crippen LogP) is 4.10. The molecule has 6 heteroatoms. The van der Waals surface area contributed by atoms with Crippen molar-refractivity contribution in [3.05, 3.63) is 57.5 Å². The van der Waals surface area contributed by atoms with Gasteiger partial charge in [0.05, 0.1) is 5.25 Å². The van der Waals surface area contributed by atoms with Crippen LogP contribution in [0.2, 0.25) is 0 Å². The Morgan fingerprint density at radius 2 is 1.90 bits per heavy atom. The van der Waals surface area contributed by atoms with E-state index >= 15 is 0 Å². The zero-order valence-corrected chi connectivity index (χ0v) is 19.0. The normalized spacial score (nSPS) is 12.2. The highest BCUT2D eigenvalue weighted by Gasteiger charge is 2.22. The number of aromatic nitrogens is 2. The Morgan fingerprint density at radius 1 is 1.21 bits per heavy atom. The Hall–Kier alpha value is -2.08. The summed E-state index contributed by atoms with van der Waals surface area (Å²) in [5.41, 5.74) is 2.48. The molecule has 1 amide bonds. The highest BCUT2D eigenvalue weighted by molar-refractivity contribution is 8.00. The molecule has 0 aliphatic rings. The fraction of sp³-hybridized carbons (Fsp3) is 0.522. The third-order valence-electron chi connectivity index (χ3n) is 4.89. The number of amides is 1. The van der Waals surface area contributed by atoms with Crippen molar-refractivity contribution in [1.82, 2.24) is 14.9 Å². The van der Waals surface area contributed by atoms with Gasteiger partial charge >= 0.3 is 0 Å². The van der Waals surface area contributed by atoms with E-state index in [4.69, 9.17) is 0 Å². The van der Waals surface area contributed by atoms with Gasteiger partial charge in [-0.05, 0) is 31.2 Å². The topological polar surface area (TPSA) is 64.0 Å². The Kier molecular flexibility index (Phi) is 8.96. The van der Waals surface area contributed by atoms with E-state index in [1.54, 1.807) is 11.6 Å². The third kappa shape index (κ3) is 6.74. The lowest BCUT2D eigenvalue weighted by Gasteiger charge is -2.18. The van der Waals surface area contributed by atoms with Crippen LogP contribution in [0, 0.1) is 12.8 Å². The van der Waals surface area contributed by atoms with Crippen LogP contribution in [0.25, 0.3) is 0 Å². The summed E-state index contributed by atoms with van der Waals surface area (Å²) in [5, 5.41) is 3.39. The number of nitrogens with zero attached hydrogens (tertiary/aromatic N) is 2. The van der Waals surface area contributed by atoms with Gasteiger partial charge in [-0.2, -0.15) is 0 Å². The Morgan fingerprint density at radius 3 is 2.52 bits per heavy atom. The second-order valence-electron chi connectivity index (χ2n) is 7.85. The molecule has 158 valence electrons. The van der Waals surface area contributed by atoms with Gasteiger partial charge in [0, 0.05) is 31.3 Å². The summed E-state index contributed by atoms with van der Waals surface area (Å²) >= 11 is 1.39. The van der Waals surface area contributed by atoms with E-state index in [0.29, 0.717) is 29.6 Å². The lowest BCUT2D eigenvalue weighted by molar-refractivity contribution is -0.120. The first-order chi connectivity index (χ1) is 13.8. The van der Waals surface area contributed by atoms with Crippen LogP contribution < -0.4 is 10.9 Å². The van der Waals surface area contributed by atoms with Crippen molar-refractivity contribution in [2.45, 2.75) is 63.8 Å². The quantitative estimate of drug-likeness (QED) is 0.469. The van der Waals surface area contributed by atoms with Gasteiger partial charge in [-0.25, -0.2) is 4.98 Å². The monoisotopic (exact) mass is 415 g/mol. The van der Waals surface area contributed by atoms with Crippen molar-refractivity contribution in [2.24, 2.45) is 13.0 Å². The zero-order chi connectivity index (χ0) is 21.4. The van der Waals surface area contributed by atoms with Gasteiger partial charge in [-0.1, -0.05) is 69.3 Å². The predicted molar refractivity (Wildman–Crippen MR) is 120 cm³/mol. The van der Waals surface area contributed by atoms with Crippen LogP contribution >= 0.6 is 11.8 Å². The molecule has 1 atom stereocenters. The summed E-state index contributed by atoms with van der Waals surface area (Å²) in [5.74, 6) is 0.577. The molecule has 2 aromatic rings. The molecule has 2 rings (SSSR count). The lowest BCUT2D eigenvalue weighted by atomic mass is 10.1. The summed E-state index contributed by atoms with van der Waals surface area (Å²) in [6, 6.07) is 9.94. The van der Waals surface area contributed by atoms with Crippen LogP contribution in [0.3, 0.4) is 0 Å². The number of hydrogen-bond donors (Lipinski definition) is 1. The van der Waals surface area contributed by atoms with Crippen molar-refractivity contribution < 1.29 is 4.79 Å². The number of benzene rings is 1. The fourth-order valence-corrected chi connectivity index (χ4v) is 4.30. The van der Waals surface area contributed by atoms with Gasteiger partial charge in [-0.15, -0.1) is 0 Å². The molecule has 1 unspecified atom stereocenters. The standard InChI is InChI=1S/C23H33N3O2S/c1-6-10-20(21(27)24-14-13-16(2)3)29-23-25-17(4)19(22(28)26(23)5)15-18-11-8-7-9-12-18/h7-9,11-12,16,20H,6,10,13-15H2,1-5H3,(H,24,27). The summed E-state index contributed by atoms with van der Waals surface area (Å²) in [4.78, 5) is 30.3. The first-order valence-corrected chi connectivity index (χ1v) is 11.3. The number of carbonyl (C=O) groups is 1. The molecule has 29 heavy (non-hydrogen) atoms. The molecule has 0 saturated carbocycles. The maximum atomic E-state index is 13.0. The van der Waals surface area contributed by atoms with Crippen molar-refractivity contribution in [3.63, 3.8) is 0 Å². The molecular weight excluding hydrogens is 382 g/mol. The van der Waals surface area contributed by atoms with Crippen LogP contribution in [0.4, 0.5) is 0 Å². The van der Waals surface area contributed by atoms with Gasteiger partial charge in [0.25, 0.3) is 5.56 Å². The van der Waals surface area contributed by atoms with E-state index in [1.165, 1.54) is 11.8 Å². The second kappa shape index (κ2) is 11.2. The minimum Gasteiger partial charge on any atom is -0.355 e. The minimum atomic E-state index is -0.246. The van der Waals surface area contributed by atoms with Crippen LogP contribution in [-0.4, -0.2) is 27.3 Å². The van der Waals surface area contributed by atoms with Crippen LogP contribution in [0.1, 0.15) is 56.9 Å². The first-order valence-electron chi connectivity index (χ1n) is 10.4. The maximum Gasteiger partial charge on any atom is 0.257 e. The highest BCUT2D eigenvalue weighted by atomic mass is 32.2. The van der Waals surface area contributed by atoms with Crippen molar-refractivity contribution in [2.75, 3.05) is 6.54 Å². The molecule has 0 aliphatic carbocycles. The van der Waals surface area contributed by atoms with Gasteiger partial charge in [0.1, 0.15) is 0 Å². The molecule has 0 aliphatic heterocycles. The van der Waals surface area contributed by atoms with E-state index in [0.717, 1.165) is 30.5 Å². The lowest BCUT2D eigenvalue weighted by Crippen LogP contribution is -2.35. The molecule has 1 N–H and O–H groups in total. The molecule has 1 heterocycles. The number of thioether (sulfide) groups is 1. The van der Waals surface area contributed by atoms with Gasteiger partial charge < -0.3 is 5.32 Å². The van der Waals surface area contributed by atoms with Crippen molar-refractivity contribution >= 4 is 17.7 Å². The van der Waals surface area contributed by atoms with Gasteiger partial charge in [0.2, 0.25) is 5.91 Å². The Bertz CT molecular complexity index is 862. The van der Waals surface area contributed by atoms with Crippen molar-refractivity contribution in [1.29, 1.82) is 0 Å². The molecule has 1 aromatic carbocycles. The molecular formula is C23H33N3O2S. The SMILES string of the molecule is CCCC(Sc1nc(C)c(Cc2ccccc2)c(=O)n1C)C(=O)NCCC(C)C. The fourth-order valence-electron chi connectivity index (χ4n) is 3.07. The largest absolute Gasteiger partial charge is 0.355 e. The van der Waals surface area contributed by atoms with Crippen LogP contribution in [-0.2, 0) is 18.3 Å². The van der Waals surface area contributed by atoms with Crippen LogP contribution in [0.15, 0.2) is 40.3 Å². The summed E-state index contributed by atoms with van der Waals surface area (Å²) in [7, 11) is 1.74. The molecule has 0 fully saturated rings. The van der Waals surface area contributed by atoms with Crippen LogP contribution in [0.5, 0.6) is 0 Å². The van der Waals surface area contributed by atoms with E-state index in [9.17, 15) is 9.59 Å². The summed E-state index contributed by atoms with van der Waals surface area (Å²) in [6.45, 7) is 8.91. The van der Waals surface area contributed by atoms with Crippen molar-refractivity contribution in [3.8, 4) is 0 Å². The average molecular weight is 416 g/mol. The minimum absolute atomic E-state index is 0.0257. The third-order valence-corrected chi connectivity index (χ3v) is 6.20. The van der Waals surface area contributed by atoms with E-state index in [2.05, 4.69) is 31.1 Å². The Labute approximate surface area is 178 Å². The zero-order valence-electron chi connectivity index (χ0n) is 18.2.